The topological polar surface area (TPSA) is 108 Å². The molecule has 37 heavy (non-hydrogen) atoms. The van der Waals surface area contributed by atoms with Crippen LogP contribution < -0.4 is 16.4 Å². The number of carbonyl (C=O) groups is 3. The Morgan fingerprint density at radius 3 is 2.32 bits per heavy atom. The van der Waals surface area contributed by atoms with Crippen LogP contribution in [0, 0.1) is 6.92 Å². The first-order valence-corrected chi connectivity index (χ1v) is 12.5. The molecule has 192 valence electrons. The van der Waals surface area contributed by atoms with Crippen molar-refractivity contribution < 1.29 is 14.4 Å². The fraction of sp³-hybridized carbons (Fsp3) is 0.222. The largest absolute Gasteiger partial charge is 0.349 e. The summed E-state index contributed by atoms with van der Waals surface area (Å²) in [4.78, 5) is 42.8. The lowest BCUT2D eigenvalue weighted by Crippen LogP contribution is -2.54. The molecule has 1 unspecified atom stereocenters. The van der Waals surface area contributed by atoms with Crippen LogP contribution in [0.2, 0.25) is 10.0 Å². The number of nitrogens with two attached hydrogens (primary N) is 1. The molecule has 1 atom stereocenters. The second-order valence-corrected chi connectivity index (χ2v) is 9.55. The minimum atomic E-state index is -1.14. The van der Waals surface area contributed by atoms with Gasteiger partial charge >= 0.3 is 6.03 Å². The Kier molecular flexibility index (Phi) is 8.33. The van der Waals surface area contributed by atoms with E-state index in [4.69, 9.17) is 28.9 Å². The van der Waals surface area contributed by atoms with E-state index in [1.807, 2.05) is 43.3 Å². The second kappa shape index (κ2) is 11.6. The highest BCUT2D eigenvalue weighted by molar-refractivity contribution is 6.42. The second-order valence-electron chi connectivity index (χ2n) is 8.73. The van der Waals surface area contributed by atoms with Crippen molar-refractivity contribution in [3.63, 3.8) is 0 Å². The molecule has 0 aliphatic carbocycles. The molecule has 8 nitrogen and oxygen atoms in total. The smallest absolute Gasteiger partial charge is 0.323 e. The maximum absolute atomic E-state index is 13.4. The van der Waals surface area contributed by atoms with E-state index in [0.717, 1.165) is 16.7 Å². The van der Waals surface area contributed by atoms with Gasteiger partial charge in [0.25, 0.3) is 11.8 Å². The molecule has 0 aromatic heterocycles. The van der Waals surface area contributed by atoms with Crippen molar-refractivity contribution in [2.75, 3.05) is 18.4 Å². The van der Waals surface area contributed by atoms with Crippen LogP contribution >= 0.6 is 23.2 Å². The molecule has 4 rings (SSSR count). The van der Waals surface area contributed by atoms with Crippen molar-refractivity contribution in [3.05, 3.63) is 99.0 Å². The zero-order valence-electron chi connectivity index (χ0n) is 20.2. The summed E-state index contributed by atoms with van der Waals surface area (Å²) in [5.41, 5.74) is 9.38. The van der Waals surface area contributed by atoms with Crippen molar-refractivity contribution in [3.8, 4) is 0 Å². The van der Waals surface area contributed by atoms with Gasteiger partial charge < -0.3 is 21.3 Å². The van der Waals surface area contributed by atoms with E-state index in [1.165, 1.54) is 15.9 Å². The van der Waals surface area contributed by atoms with Gasteiger partial charge in [0.05, 0.1) is 10.0 Å². The number of benzene rings is 3. The Morgan fingerprint density at radius 2 is 1.62 bits per heavy atom. The lowest BCUT2D eigenvalue weighted by Gasteiger charge is -2.29. The van der Waals surface area contributed by atoms with Crippen LogP contribution in [0.15, 0.2) is 66.7 Å². The molecule has 1 aliphatic heterocycles. The highest BCUT2D eigenvalue weighted by Gasteiger charge is 2.43. The molecule has 0 spiro atoms. The quantitative estimate of drug-likeness (QED) is 0.431. The van der Waals surface area contributed by atoms with Crippen molar-refractivity contribution in [1.29, 1.82) is 0 Å². The van der Waals surface area contributed by atoms with Crippen LogP contribution in [0.25, 0.3) is 0 Å². The van der Waals surface area contributed by atoms with Crippen LogP contribution in [0.4, 0.5) is 10.5 Å². The van der Waals surface area contributed by atoms with Gasteiger partial charge in [0.2, 0.25) is 0 Å². The Morgan fingerprint density at radius 1 is 0.919 bits per heavy atom. The summed E-state index contributed by atoms with van der Waals surface area (Å²) in [6.45, 7) is 2.90. The molecular formula is C27H27Cl2N5O3. The minimum absolute atomic E-state index is 0.172. The highest BCUT2D eigenvalue weighted by atomic mass is 35.5. The Hall–Kier alpha value is -3.59. The number of anilines is 1. The highest BCUT2D eigenvalue weighted by Crippen LogP contribution is 2.26. The van der Waals surface area contributed by atoms with Gasteiger partial charge in [-0.2, -0.15) is 0 Å². The van der Waals surface area contributed by atoms with Crippen molar-refractivity contribution >= 4 is 46.7 Å². The summed E-state index contributed by atoms with van der Waals surface area (Å²) >= 11 is 12.1. The molecule has 0 saturated carbocycles. The number of hydrogen-bond acceptors (Lipinski definition) is 4. The van der Waals surface area contributed by atoms with Crippen LogP contribution in [-0.2, 0) is 17.9 Å². The number of nitrogens with one attached hydrogen (secondary N) is 2. The summed E-state index contributed by atoms with van der Waals surface area (Å²) in [5.74, 6) is -0.810. The molecule has 3 aromatic rings. The summed E-state index contributed by atoms with van der Waals surface area (Å²) in [7, 11) is 0. The summed E-state index contributed by atoms with van der Waals surface area (Å²) in [5, 5.41) is 6.25. The van der Waals surface area contributed by atoms with E-state index in [1.54, 1.807) is 24.3 Å². The Balaban J connectivity index is 1.56. The third-order valence-corrected chi connectivity index (χ3v) is 6.83. The molecule has 0 radical (unpaired) electrons. The number of halogens is 2. The first-order valence-electron chi connectivity index (χ1n) is 11.7. The van der Waals surface area contributed by atoms with Gasteiger partial charge in [-0.15, -0.1) is 0 Å². The van der Waals surface area contributed by atoms with Crippen LogP contribution in [-0.4, -0.2) is 46.9 Å². The number of hydrogen-bond donors (Lipinski definition) is 3. The maximum atomic E-state index is 13.4. The fourth-order valence-electron chi connectivity index (χ4n) is 4.11. The van der Waals surface area contributed by atoms with Crippen molar-refractivity contribution in [2.24, 2.45) is 5.73 Å². The third-order valence-electron chi connectivity index (χ3n) is 6.09. The fourth-order valence-corrected chi connectivity index (χ4v) is 4.41. The van der Waals surface area contributed by atoms with Crippen molar-refractivity contribution in [1.82, 2.24) is 15.1 Å². The average Bonchev–Trinajstić information content (AvgIpc) is 3.35. The number of amides is 4. The van der Waals surface area contributed by atoms with E-state index in [-0.39, 0.29) is 30.6 Å². The molecular weight excluding hydrogens is 513 g/mol. The van der Waals surface area contributed by atoms with Gasteiger partial charge in [-0.25, -0.2) is 4.79 Å². The number of nitrogens with zero attached hydrogens (tertiary/aromatic N) is 2. The molecule has 1 saturated heterocycles. The predicted molar refractivity (Wildman–Crippen MR) is 144 cm³/mol. The van der Waals surface area contributed by atoms with Gasteiger partial charge in [-0.05, 0) is 48.4 Å². The van der Waals surface area contributed by atoms with E-state index < -0.39 is 18.1 Å². The molecule has 1 heterocycles. The van der Waals surface area contributed by atoms with Gasteiger partial charge in [-0.1, -0.05) is 65.2 Å². The van der Waals surface area contributed by atoms with Crippen LogP contribution in [0.1, 0.15) is 27.0 Å². The first kappa shape index (κ1) is 26.5. The zero-order chi connectivity index (χ0) is 26.5. The molecule has 3 aromatic carbocycles. The lowest BCUT2D eigenvalue weighted by molar-refractivity contribution is -0.128. The maximum Gasteiger partial charge on any atom is 0.323 e. The summed E-state index contributed by atoms with van der Waals surface area (Å²) < 4.78 is 0. The SMILES string of the molecule is Cc1ccc(C(=O)N2CCN(C(=O)Nc3ccc(Cl)c(Cl)c3)C2C(=O)NCc2cccc(CN)c2)cc1. The molecule has 4 N–H and O–H groups in total. The number of rotatable bonds is 6. The minimum Gasteiger partial charge on any atom is -0.349 e. The third kappa shape index (κ3) is 6.22. The number of aryl methyl sites for hydroxylation is 1. The normalized spacial score (nSPS) is 15.0. The Labute approximate surface area is 225 Å². The van der Waals surface area contributed by atoms with Gasteiger partial charge in [0, 0.05) is 37.4 Å². The van der Waals surface area contributed by atoms with E-state index >= 15 is 0 Å². The molecule has 1 aliphatic rings. The van der Waals surface area contributed by atoms with Crippen LogP contribution in [0.5, 0.6) is 0 Å². The van der Waals surface area contributed by atoms with Gasteiger partial charge in [0.1, 0.15) is 0 Å². The average molecular weight is 540 g/mol. The molecule has 4 amide bonds. The van der Waals surface area contributed by atoms with E-state index in [0.29, 0.717) is 22.8 Å². The van der Waals surface area contributed by atoms with E-state index in [9.17, 15) is 14.4 Å². The standard InChI is InChI=1S/C27H27Cl2N5O3/c1-17-5-7-20(8-6-17)26(36)33-11-12-34(27(37)32-21-9-10-22(28)23(29)14-21)25(33)24(35)31-16-19-4-2-3-18(13-19)15-30/h2-10,13-14,25H,11-12,15-16,30H2,1H3,(H,31,35)(H,32,37). The predicted octanol–water partition coefficient (Wildman–Crippen LogP) is 4.39. The number of urea groups is 1. The molecule has 10 heteroatoms. The monoisotopic (exact) mass is 539 g/mol. The molecule has 0 bridgehead atoms. The first-order chi connectivity index (χ1) is 17.8. The van der Waals surface area contributed by atoms with Crippen molar-refractivity contribution in [2.45, 2.75) is 26.2 Å². The Bertz CT molecular complexity index is 1320. The van der Waals surface area contributed by atoms with Crippen LogP contribution in [0.3, 0.4) is 0 Å². The zero-order valence-corrected chi connectivity index (χ0v) is 21.7. The summed E-state index contributed by atoms with van der Waals surface area (Å²) in [6.07, 6.45) is -1.14. The molecule has 1 fully saturated rings. The van der Waals surface area contributed by atoms with Gasteiger partial charge in [0.15, 0.2) is 6.17 Å². The summed E-state index contributed by atoms with van der Waals surface area (Å²) in [6, 6.07) is 18.8. The number of carbonyl (C=O) groups excluding carboxylic acids is 3. The lowest BCUT2D eigenvalue weighted by atomic mass is 10.1. The van der Waals surface area contributed by atoms with Gasteiger partial charge in [-0.3, -0.25) is 14.5 Å². The van der Waals surface area contributed by atoms with E-state index in [2.05, 4.69) is 10.6 Å².